The highest BCUT2D eigenvalue weighted by Gasteiger charge is 2.34. The van der Waals surface area contributed by atoms with Crippen molar-refractivity contribution in [1.29, 1.82) is 0 Å². The average molecular weight is 238 g/mol. The molecule has 3 atom stereocenters. The third kappa shape index (κ3) is 2.57. The van der Waals surface area contributed by atoms with E-state index in [1.807, 2.05) is 37.2 Å². The van der Waals surface area contributed by atoms with Crippen molar-refractivity contribution < 1.29 is 14.9 Å². The molecule has 1 aromatic heterocycles. The number of aliphatic hydroxyl groups is 2. The average Bonchev–Trinajstić information content (AvgIpc) is 2.71. The van der Waals surface area contributed by atoms with Crippen LogP contribution in [0.4, 0.5) is 5.82 Å². The monoisotopic (exact) mass is 238 g/mol. The summed E-state index contributed by atoms with van der Waals surface area (Å²) < 4.78 is 5.56. The molecule has 1 aromatic rings. The molecule has 2 rings (SSSR count). The van der Waals surface area contributed by atoms with E-state index in [0.717, 1.165) is 11.5 Å². The van der Waals surface area contributed by atoms with E-state index >= 15 is 0 Å². The minimum absolute atomic E-state index is 0.162. The highest BCUT2D eigenvalue weighted by molar-refractivity contribution is 5.37. The molecule has 5 nitrogen and oxygen atoms in total. The van der Waals surface area contributed by atoms with Crippen LogP contribution in [-0.2, 0) is 4.74 Å². The molecule has 2 heterocycles. The summed E-state index contributed by atoms with van der Waals surface area (Å²) in [7, 11) is 3.85. The Balaban J connectivity index is 2.15. The van der Waals surface area contributed by atoms with Gasteiger partial charge in [-0.05, 0) is 12.1 Å². The van der Waals surface area contributed by atoms with E-state index in [4.69, 9.17) is 9.84 Å². The molecule has 0 bridgehead atoms. The molecule has 94 valence electrons. The maximum Gasteiger partial charge on any atom is 0.128 e. The molecule has 0 spiro atoms. The number of hydrogen-bond acceptors (Lipinski definition) is 5. The first kappa shape index (κ1) is 12.3. The van der Waals surface area contributed by atoms with Crippen molar-refractivity contribution in [1.82, 2.24) is 4.98 Å². The van der Waals surface area contributed by atoms with Crippen LogP contribution in [0, 0.1) is 0 Å². The molecule has 17 heavy (non-hydrogen) atoms. The van der Waals surface area contributed by atoms with Crippen LogP contribution in [0.1, 0.15) is 18.2 Å². The SMILES string of the molecule is CN(C)c1cccc([C@H]2C[C@H](O)[C@@H](CO)O2)n1. The lowest BCUT2D eigenvalue weighted by molar-refractivity contribution is -0.0235. The minimum Gasteiger partial charge on any atom is -0.394 e. The minimum atomic E-state index is -0.616. The summed E-state index contributed by atoms with van der Waals surface area (Å²) in [5.41, 5.74) is 0.797. The van der Waals surface area contributed by atoms with E-state index in [2.05, 4.69) is 4.98 Å². The number of pyridine rings is 1. The van der Waals surface area contributed by atoms with Gasteiger partial charge < -0.3 is 19.8 Å². The largest absolute Gasteiger partial charge is 0.394 e. The second-order valence-corrected chi connectivity index (χ2v) is 4.46. The number of aliphatic hydroxyl groups excluding tert-OH is 2. The molecule has 1 aliphatic rings. The van der Waals surface area contributed by atoms with E-state index in [9.17, 15) is 5.11 Å². The van der Waals surface area contributed by atoms with Gasteiger partial charge in [-0.25, -0.2) is 4.98 Å². The summed E-state index contributed by atoms with van der Waals surface area (Å²) >= 11 is 0. The smallest absolute Gasteiger partial charge is 0.128 e. The Morgan fingerprint density at radius 2 is 2.24 bits per heavy atom. The molecule has 0 radical (unpaired) electrons. The zero-order chi connectivity index (χ0) is 12.4. The predicted octanol–water partition coefficient (Wildman–Crippen LogP) is 0.331. The van der Waals surface area contributed by atoms with Crippen LogP contribution in [0.25, 0.3) is 0 Å². The zero-order valence-electron chi connectivity index (χ0n) is 10.1. The van der Waals surface area contributed by atoms with E-state index in [-0.39, 0.29) is 12.7 Å². The van der Waals surface area contributed by atoms with Gasteiger partial charge >= 0.3 is 0 Å². The van der Waals surface area contributed by atoms with Crippen LogP contribution in [0.2, 0.25) is 0 Å². The van der Waals surface area contributed by atoms with Crippen LogP contribution in [0.3, 0.4) is 0 Å². The summed E-state index contributed by atoms with van der Waals surface area (Å²) in [6.45, 7) is -0.162. The first-order chi connectivity index (χ1) is 8.11. The maximum atomic E-state index is 9.68. The second-order valence-electron chi connectivity index (χ2n) is 4.46. The summed E-state index contributed by atoms with van der Waals surface area (Å²) in [4.78, 5) is 6.38. The van der Waals surface area contributed by atoms with Gasteiger partial charge in [0.1, 0.15) is 18.0 Å². The Morgan fingerprint density at radius 1 is 1.47 bits per heavy atom. The van der Waals surface area contributed by atoms with Gasteiger partial charge in [-0.15, -0.1) is 0 Å². The van der Waals surface area contributed by atoms with Crippen LogP contribution < -0.4 is 4.90 Å². The molecule has 0 amide bonds. The summed E-state index contributed by atoms with van der Waals surface area (Å²) in [5, 5.41) is 18.7. The van der Waals surface area contributed by atoms with Gasteiger partial charge in [0, 0.05) is 20.5 Å². The topological polar surface area (TPSA) is 65.8 Å². The molecule has 0 unspecified atom stereocenters. The lowest BCUT2D eigenvalue weighted by atomic mass is 10.1. The predicted molar refractivity (Wildman–Crippen MR) is 63.9 cm³/mol. The number of rotatable bonds is 3. The van der Waals surface area contributed by atoms with Crippen molar-refractivity contribution in [2.75, 3.05) is 25.6 Å². The van der Waals surface area contributed by atoms with Gasteiger partial charge in [-0.1, -0.05) is 6.07 Å². The van der Waals surface area contributed by atoms with Gasteiger partial charge in [-0.2, -0.15) is 0 Å². The van der Waals surface area contributed by atoms with Gasteiger partial charge in [0.15, 0.2) is 0 Å². The fraction of sp³-hybridized carbons (Fsp3) is 0.583. The van der Waals surface area contributed by atoms with Crippen LogP contribution in [-0.4, -0.2) is 48.1 Å². The number of aromatic nitrogens is 1. The first-order valence-corrected chi connectivity index (χ1v) is 5.70. The van der Waals surface area contributed by atoms with Crippen LogP contribution in [0.5, 0.6) is 0 Å². The van der Waals surface area contributed by atoms with Gasteiger partial charge in [0.05, 0.1) is 18.4 Å². The molecule has 5 heteroatoms. The van der Waals surface area contributed by atoms with Crippen molar-refractivity contribution in [2.45, 2.75) is 24.7 Å². The Kier molecular flexibility index (Phi) is 3.61. The molecule has 2 N–H and O–H groups in total. The Morgan fingerprint density at radius 3 is 2.82 bits per heavy atom. The molecule has 0 aromatic carbocycles. The molecule has 1 saturated heterocycles. The molecule has 0 saturated carbocycles. The lowest BCUT2D eigenvalue weighted by Gasteiger charge is -2.15. The first-order valence-electron chi connectivity index (χ1n) is 5.70. The number of ether oxygens (including phenoxy) is 1. The van der Waals surface area contributed by atoms with E-state index in [1.165, 1.54) is 0 Å². The van der Waals surface area contributed by atoms with E-state index in [0.29, 0.717) is 6.42 Å². The summed E-state index contributed by atoms with van der Waals surface area (Å²) in [5.74, 6) is 0.855. The molecular weight excluding hydrogens is 220 g/mol. The number of anilines is 1. The lowest BCUT2D eigenvalue weighted by Crippen LogP contribution is -2.24. The summed E-state index contributed by atoms with van der Waals surface area (Å²) in [6, 6.07) is 5.71. The van der Waals surface area contributed by atoms with Crippen molar-refractivity contribution >= 4 is 5.82 Å². The summed E-state index contributed by atoms with van der Waals surface area (Å²) in [6.07, 6.45) is -0.864. The van der Waals surface area contributed by atoms with Gasteiger partial charge in [-0.3, -0.25) is 0 Å². The van der Waals surface area contributed by atoms with Crippen molar-refractivity contribution in [3.8, 4) is 0 Å². The zero-order valence-corrected chi connectivity index (χ0v) is 10.1. The quantitative estimate of drug-likeness (QED) is 0.794. The van der Waals surface area contributed by atoms with Gasteiger partial charge in [0.2, 0.25) is 0 Å². The Hall–Kier alpha value is -1.17. The maximum absolute atomic E-state index is 9.68. The van der Waals surface area contributed by atoms with Crippen molar-refractivity contribution in [2.24, 2.45) is 0 Å². The van der Waals surface area contributed by atoms with E-state index in [1.54, 1.807) is 0 Å². The van der Waals surface area contributed by atoms with Crippen LogP contribution >= 0.6 is 0 Å². The van der Waals surface area contributed by atoms with Crippen molar-refractivity contribution in [3.05, 3.63) is 23.9 Å². The molecule has 0 aliphatic carbocycles. The van der Waals surface area contributed by atoms with Gasteiger partial charge in [0.25, 0.3) is 0 Å². The van der Waals surface area contributed by atoms with Crippen LogP contribution in [0.15, 0.2) is 18.2 Å². The standard InChI is InChI=1S/C12H18N2O3/c1-14(2)12-5-3-4-8(13-12)10-6-9(16)11(7-15)17-10/h3-5,9-11,15-16H,6-7H2,1-2H3/t9-,10+,11+/m0/s1. The normalized spacial score (nSPS) is 28.4. The number of hydrogen-bond donors (Lipinski definition) is 2. The van der Waals surface area contributed by atoms with Crippen molar-refractivity contribution in [3.63, 3.8) is 0 Å². The second kappa shape index (κ2) is 5.00. The third-order valence-corrected chi connectivity index (χ3v) is 2.95. The molecule has 1 aliphatic heterocycles. The highest BCUT2D eigenvalue weighted by atomic mass is 16.5. The molecular formula is C12H18N2O3. The van der Waals surface area contributed by atoms with E-state index < -0.39 is 12.2 Å². The fourth-order valence-electron chi connectivity index (χ4n) is 1.95. The highest BCUT2D eigenvalue weighted by Crippen LogP contribution is 2.32. The Bertz CT molecular complexity index is 384. The Labute approximate surface area is 101 Å². The number of nitrogens with zero attached hydrogens (tertiary/aromatic N) is 2. The third-order valence-electron chi connectivity index (χ3n) is 2.95. The molecule has 1 fully saturated rings. The fourth-order valence-corrected chi connectivity index (χ4v) is 1.95.